The quantitative estimate of drug-likeness (QED) is 0.369. The van der Waals surface area contributed by atoms with E-state index in [4.69, 9.17) is 53.2 Å². The van der Waals surface area contributed by atoms with Crippen molar-refractivity contribution < 1.29 is 8.85 Å². The van der Waals surface area contributed by atoms with Gasteiger partial charge in [-0.25, -0.2) is 0 Å². The SMILES string of the molecule is CCO[Si](Cl)(Cl)C/C=C/C[Si](Cl)(Cl)OCC. The number of hydrogen-bond acceptors (Lipinski definition) is 2. The average Bonchev–Trinajstić information content (AvgIpc) is 2.12. The fraction of sp³-hybridized carbons (Fsp3) is 0.750. The molecule has 0 fully saturated rings. The zero-order chi connectivity index (χ0) is 12.7. The normalized spacial score (nSPS) is 13.6. The van der Waals surface area contributed by atoms with Gasteiger partial charge < -0.3 is 8.85 Å². The molecule has 0 saturated carbocycles. The summed E-state index contributed by atoms with van der Waals surface area (Å²) < 4.78 is 10.5. The van der Waals surface area contributed by atoms with Gasteiger partial charge in [0.25, 0.3) is 0 Å². The van der Waals surface area contributed by atoms with E-state index in [1.54, 1.807) is 0 Å². The first-order chi connectivity index (χ1) is 7.33. The van der Waals surface area contributed by atoms with Crippen LogP contribution in [0.5, 0.6) is 0 Å². The van der Waals surface area contributed by atoms with Crippen LogP contribution >= 0.6 is 44.3 Å². The predicted molar refractivity (Wildman–Crippen MR) is 76.9 cm³/mol. The third kappa shape index (κ3) is 9.30. The monoisotopic (exact) mass is 340 g/mol. The van der Waals surface area contributed by atoms with E-state index >= 15 is 0 Å². The Labute approximate surface area is 118 Å². The number of rotatable bonds is 8. The molecule has 0 aliphatic rings. The molecule has 0 spiro atoms. The van der Waals surface area contributed by atoms with Crippen LogP contribution in [0, 0.1) is 0 Å². The molecule has 0 heterocycles. The summed E-state index contributed by atoms with van der Waals surface area (Å²) in [6, 6.07) is 1.04. The second-order valence-electron chi connectivity index (χ2n) is 3.02. The molecule has 96 valence electrons. The van der Waals surface area contributed by atoms with Crippen LogP contribution in [0.3, 0.4) is 0 Å². The van der Waals surface area contributed by atoms with Crippen LogP contribution in [0.1, 0.15) is 13.8 Å². The first-order valence-corrected chi connectivity index (χ1v) is 13.3. The van der Waals surface area contributed by atoms with Gasteiger partial charge in [0.2, 0.25) is 0 Å². The van der Waals surface area contributed by atoms with Gasteiger partial charge >= 0.3 is 13.9 Å². The second kappa shape index (κ2) is 8.37. The van der Waals surface area contributed by atoms with Gasteiger partial charge in [0.1, 0.15) is 0 Å². The highest BCUT2D eigenvalue weighted by molar-refractivity contribution is 7.43. The Hall–Kier alpha value is 1.25. The molecule has 2 nitrogen and oxygen atoms in total. The molecule has 0 aromatic rings. The molecule has 8 heteroatoms. The molecular formula is C8H16Cl4O2Si2. The predicted octanol–water partition coefficient (Wildman–Crippen LogP) is 4.45. The number of allylic oxidation sites excluding steroid dienone is 2. The minimum Gasteiger partial charge on any atom is -0.392 e. The summed E-state index contributed by atoms with van der Waals surface area (Å²) in [7, 11) is 0. The minimum atomic E-state index is -2.57. The Morgan fingerprint density at radius 3 is 1.38 bits per heavy atom. The van der Waals surface area contributed by atoms with E-state index in [0.717, 1.165) is 0 Å². The van der Waals surface area contributed by atoms with Gasteiger partial charge in [-0.2, -0.15) is 0 Å². The zero-order valence-corrected chi connectivity index (χ0v) is 14.3. The summed E-state index contributed by atoms with van der Waals surface area (Å²) in [5, 5.41) is 0. The van der Waals surface area contributed by atoms with E-state index in [-0.39, 0.29) is 0 Å². The van der Waals surface area contributed by atoms with Crippen LogP contribution in [-0.4, -0.2) is 27.1 Å². The molecule has 0 unspecified atom stereocenters. The van der Waals surface area contributed by atoms with Crippen molar-refractivity contribution in [2.75, 3.05) is 13.2 Å². The van der Waals surface area contributed by atoms with E-state index in [1.165, 1.54) is 0 Å². The van der Waals surface area contributed by atoms with Crippen molar-refractivity contribution >= 4 is 58.2 Å². The van der Waals surface area contributed by atoms with Crippen molar-refractivity contribution in [2.45, 2.75) is 25.9 Å². The van der Waals surface area contributed by atoms with Gasteiger partial charge in [0.05, 0.1) is 0 Å². The highest BCUT2D eigenvalue weighted by Gasteiger charge is 2.30. The van der Waals surface area contributed by atoms with Gasteiger partial charge in [-0.1, -0.05) is 12.2 Å². The molecule has 0 radical (unpaired) electrons. The van der Waals surface area contributed by atoms with Crippen molar-refractivity contribution in [3.8, 4) is 0 Å². The smallest absolute Gasteiger partial charge is 0.392 e. The van der Waals surface area contributed by atoms with Crippen LogP contribution in [-0.2, 0) is 8.85 Å². The molecule has 0 bridgehead atoms. The highest BCUT2D eigenvalue weighted by Crippen LogP contribution is 2.25. The van der Waals surface area contributed by atoms with Gasteiger partial charge in [0, 0.05) is 25.3 Å². The summed E-state index contributed by atoms with van der Waals surface area (Å²) in [5.41, 5.74) is 0. The van der Waals surface area contributed by atoms with Crippen molar-refractivity contribution in [1.82, 2.24) is 0 Å². The number of halogens is 4. The lowest BCUT2D eigenvalue weighted by atomic mass is 10.6. The van der Waals surface area contributed by atoms with Gasteiger partial charge in [-0.3, -0.25) is 0 Å². The van der Waals surface area contributed by atoms with Crippen LogP contribution < -0.4 is 0 Å². The Balaban J connectivity index is 3.93. The lowest BCUT2D eigenvalue weighted by Crippen LogP contribution is -2.24. The fourth-order valence-corrected chi connectivity index (χ4v) is 5.32. The topological polar surface area (TPSA) is 18.5 Å². The molecule has 0 atom stereocenters. The van der Waals surface area contributed by atoms with Crippen molar-refractivity contribution in [3.63, 3.8) is 0 Å². The third-order valence-electron chi connectivity index (χ3n) is 1.59. The van der Waals surface area contributed by atoms with Crippen LogP contribution in [0.4, 0.5) is 0 Å². The lowest BCUT2D eigenvalue weighted by Gasteiger charge is -2.15. The number of hydrogen-bond donors (Lipinski definition) is 0. The summed E-state index contributed by atoms with van der Waals surface area (Å²) in [6.07, 6.45) is 3.71. The maximum absolute atomic E-state index is 5.99. The first-order valence-electron chi connectivity index (χ1n) is 5.01. The molecule has 0 aliphatic carbocycles. The summed E-state index contributed by atoms with van der Waals surface area (Å²) in [5.74, 6) is 0. The first kappa shape index (κ1) is 17.3. The minimum absolute atomic E-state index is 0.522. The van der Waals surface area contributed by atoms with Crippen LogP contribution in [0.25, 0.3) is 0 Å². The van der Waals surface area contributed by atoms with Gasteiger partial charge in [0.15, 0.2) is 0 Å². The van der Waals surface area contributed by atoms with Crippen LogP contribution in [0.15, 0.2) is 12.2 Å². The summed E-state index contributed by atoms with van der Waals surface area (Å²) in [6.45, 7) is -0.373. The Kier molecular flexibility index (Phi) is 9.03. The molecule has 16 heavy (non-hydrogen) atoms. The van der Waals surface area contributed by atoms with E-state index in [0.29, 0.717) is 25.3 Å². The molecule has 0 aromatic heterocycles. The van der Waals surface area contributed by atoms with E-state index in [1.807, 2.05) is 26.0 Å². The molecule has 0 aliphatic heterocycles. The summed E-state index contributed by atoms with van der Waals surface area (Å²) >= 11 is 24.0. The second-order valence-corrected chi connectivity index (χ2v) is 15.5. The molecule has 0 amide bonds. The van der Waals surface area contributed by atoms with Crippen molar-refractivity contribution in [3.05, 3.63) is 12.2 Å². The third-order valence-corrected chi connectivity index (χ3v) is 7.59. The maximum atomic E-state index is 5.99. The van der Waals surface area contributed by atoms with E-state index in [2.05, 4.69) is 0 Å². The standard InChI is InChI=1S/C8H16Cl4O2Si2/c1-3-13-15(9,10)7-5-6-8-16(11,12)14-4-2/h5-6H,3-4,7-8H2,1-2H3/b6-5+. The average molecular weight is 342 g/mol. The van der Waals surface area contributed by atoms with Crippen LogP contribution in [0.2, 0.25) is 12.1 Å². The van der Waals surface area contributed by atoms with E-state index < -0.39 is 13.9 Å². The Morgan fingerprint density at radius 1 is 0.812 bits per heavy atom. The van der Waals surface area contributed by atoms with Crippen molar-refractivity contribution in [1.29, 1.82) is 0 Å². The molecule has 0 saturated heterocycles. The molecular weight excluding hydrogens is 326 g/mol. The highest BCUT2D eigenvalue weighted by atomic mass is 35.7. The largest absolute Gasteiger partial charge is 0.393 e. The summed E-state index contributed by atoms with van der Waals surface area (Å²) in [4.78, 5) is 0. The van der Waals surface area contributed by atoms with Crippen molar-refractivity contribution in [2.24, 2.45) is 0 Å². The van der Waals surface area contributed by atoms with E-state index in [9.17, 15) is 0 Å². The maximum Gasteiger partial charge on any atom is 0.393 e. The zero-order valence-electron chi connectivity index (χ0n) is 9.31. The lowest BCUT2D eigenvalue weighted by molar-refractivity contribution is 0.349. The molecule has 0 aromatic carbocycles. The Morgan fingerprint density at radius 2 is 1.12 bits per heavy atom. The van der Waals surface area contributed by atoms with Gasteiger partial charge in [-0.05, 0) is 13.8 Å². The Bertz CT molecular complexity index is 202. The fourth-order valence-electron chi connectivity index (χ4n) is 0.981. The molecule has 0 rings (SSSR count). The molecule has 0 N–H and O–H groups in total. The van der Waals surface area contributed by atoms with Gasteiger partial charge in [-0.15, -0.1) is 44.3 Å².